The molecule has 0 radical (unpaired) electrons. The smallest absolute Gasteiger partial charge is 0.267 e. The Balaban J connectivity index is 2.01. The molecule has 1 aliphatic carbocycles. The van der Waals surface area contributed by atoms with E-state index in [4.69, 9.17) is 20.5 Å². The predicted octanol–water partition coefficient (Wildman–Crippen LogP) is 1.60. The number of carbonyl (C=O) groups excluding carboxylic acids is 1. The maximum absolute atomic E-state index is 15.4. The van der Waals surface area contributed by atoms with Gasteiger partial charge >= 0.3 is 0 Å². The highest BCUT2D eigenvalue weighted by Crippen LogP contribution is 2.47. The summed E-state index contributed by atoms with van der Waals surface area (Å²) in [6.07, 6.45) is 1.88. The standard InChI is InChI=1S/C21H24FN4O4P/c1-21(24)9-25(8-16(21)29-2)18-12(22)4-10-17(20(18)30-3)26(13-5-15(13)31)7-11(19(10)28)14(27)6-23/h4,7,13,15-16H,5,8-9,24,31H2,1-3H3. The van der Waals surface area contributed by atoms with Crippen LogP contribution in [0.4, 0.5) is 10.1 Å². The van der Waals surface area contributed by atoms with Crippen molar-refractivity contribution in [1.82, 2.24) is 4.57 Å². The number of benzene rings is 1. The van der Waals surface area contributed by atoms with E-state index in [0.29, 0.717) is 18.6 Å². The zero-order valence-electron chi connectivity index (χ0n) is 17.5. The number of Topliss-reactive ketones (excluding diaryl/α,β-unsaturated/α-hetero) is 1. The van der Waals surface area contributed by atoms with Crippen LogP contribution in [-0.2, 0) is 4.74 Å². The summed E-state index contributed by atoms with van der Waals surface area (Å²) >= 11 is 0. The maximum Gasteiger partial charge on any atom is 0.267 e. The number of methoxy groups -OCH3 is 2. The third-order valence-electron chi connectivity index (χ3n) is 6.16. The number of aromatic nitrogens is 1. The molecule has 2 heterocycles. The van der Waals surface area contributed by atoms with E-state index in [9.17, 15) is 9.59 Å². The average molecular weight is 446 g/mol. The Hall–Kier alpha value is -2.53. The Morgan fingerprint density at radius 1 is 1.45 bits per heavy atom. The third-order valence-corrected chi connectivity index (χ3v) is 6.88. The summed E-state index contributed by atoms with van der Waals surface area (Å²) in [5, 5.41) is 9.04. The molecular formula is C21H24FN4O4P. The zero-order chi connectivity index (χ0) is 22.7. The SMILES string of the molecule is COc1c(N2CC(OC)C(C)(N)C2)c(F)cc2c(=O)c(C(=O)C#N)cn(C3CC3P)c12. The van der Waals surface area contributed by atoms with Crippen LogP contribution in [-0.4, -0.2) is 55.0 Å². The number of ketones is 1. The second-order valence-electron chi connectivity index (χ2n) is 8.43. The lowest BCUT2D eigenvalue weighted by atomic mass is 10.0. The van der Waals surface area contributed by atoms with Crippen molar-refractivity contribution in [2.45, 2.75) is 36.7 Å². The topological polar surface area (TPSA) is 111 Å². The molecule has 0 spiro atoms. The van der Waals surface area contributed by atoms with Crippen LogP contribution < -0.4 is 20.8 Å². The highest BCUT2D eigenvalue weighted by molar-refractivity contribution is 7.18. The van der Waals surface area contributed by atoms with Crippen molar-refractivity contribution in [2.24, 2.45) is 5.73 Å². The second kappa shape index (κ2) is 7.56. The van der Waals surface area contributed by atoms with Gasteiger partial charge in [0.25, 0.3) is 5.78 Å². The molecule has 2 N–H and O–H groups in total. The van der Waals surface area contributed by atoms with Crippen molar-refractivity contribution in [3.63, 3.8) is 0 Å². The van der Waals surface area contributed by atoms with Crippen molar-refractivity contribution >= 4 is 31.6 Å². The van der Waals surface area contributed by atoms with E-state index in [1.807, 2.05) is 6.92 Å². The normalized spacial score (nSPS) is 27.4. The van der Waals surface area contributed by atoms with Crippen LogP contribution in [0.15, 0.2) is 17.1 Å². The van der Waals surface area contributed by atoms with Gasteiger partial charge in [-0.25, -0.2) is 4.39 Å². The summed E-state index contributed by atoms with van der Waals surface area (Å²) in [5.74, 6) is -1.42. The first-order valence-corrected chi connectivity index (χ1v) is 10.5. The molecular weight excluding hydrogens is 422 g/mol. The molecule has 1 aromatic heterocycles. The molecule has 0 bridgehead atoms. The van der Waals surface area contributed by atoms with Gasteiger partial charge in [0.05, 0.1) is 35.2 Å². The second-order valence-corrected chi connectivity index (χ2v) is 9.29. The Labute approximate surface area is 180 Å². The molecule has 31 heavy (non-hydrogen) atoms. The van der Waals surface area contributed by atoms with Crippen molar-refractivity contribution in [3.05, 3.63) is 33.9 Å². The first kappa shape index (κ1) is 21.7. The van der Waals surface area contributed by atoms with E-state index >= 15 is 4.39 Å². The quantitative estimate of drug-likeness (QED) is 0.422. The zero-order valence-corrected chi connectivity index (χ0v) is 18.7. The first-order chi connectivity index (χ1) is 14.6. The van der Waals surface area contributed by atoms with Crippen LogP contribution >= 0.6 is 9.24 Å². The van der Waals surface area contributed by atoms with Crippen LogP contribution in [0.5, 0.6) is 5.75 Å². The molecule has 5 atom stereocenters. The predicted molar refractivity (Wildman–Crippen MR) is 117 cm³/mol. The number of halogens is 1. The van der Waals surface area contributed by atoms with E-state index in [-0.39, 0.29) is 40.2 Å². The maximum atomic E-state index is 15.4. The minimum absolute atomic E-state index is 0.00120. The molecule has 1 saturated carbocycles. The summed E-state index contributed by atoms with van der Waals surface area (Å²) in [5.41, 5.74) is 5.51. The summed E-state index contributed by atoms with van der Waals surface area (Å²) in [4.78, 5) is 26.8. The lowest BCUT2D eigenvalue weighted by Crippen LogP contribution is -2.48. The van der Waals surface area contributed by atoms with E-state index in [2.05, 4.69) is 9.24 Å². The van der Waals surface area contributed by atoms with Crippen LogP contribution in [0, 0.1) is 17.1 Å². The molecule has 5 unspecified atom stereocenters. The lowest BCUT2D eigenvalue weighted by molar-refractivity contribution is 0.0751. The van der Waals surface area contributed by atoms with Crippen molar-refractivity contribution in [2.75, 3.05) is 32.2 Å². The van der Waals surface area contributed by atoms with Gasteiger partial charge in [-0.3, -0.25) is 9.59 Å². The molecule has 4 rings (SSSR count). The van der Waals surface area contributed by atoms with E-state index in [1.165, 1.54) is 19.4 Å². The highest BCUT2D eigenvalue weighted by Gasteiger charge is 2.43. The fourth-order valence-electron chi connectivity index (χ4n) is 4.44. The minimum atomic E-state index is -0.952. The number of rotatable bonds is 5. The fraction of sp³-hybridized carbons (Fsp3) is 0.476. The van der Waals surface area contributed by atoms with Crippen molar-refractivity contribution in [3.8, 4) is 11.8 Å². The van der Waals surface area contributed by atoms with Gasteiger partial charge < -0.3 is 24.7 Å². The Bertz CT molecular complexity index is 1190. The number of nitrogens with two attached hydrogens (primary N) is 1. The number of carbonyl (C=O) groups is 1. The van der Waals surface area contributed by atoms with E-state index in [0.717, 1.165) is 12.5 Å². The third kappa shape index (κ3) is 3.39. The van der Waals surface area contributed by atoms with Gasteiger partial charge in [-0.05, 0) is 25.1 Å². The van der Waals surface area contributed by atoms with Crippen molar-refractivity contribution < 1.29 is 18.7 Å². The molecule has 2 aromatic rings. The van der Waals surface area contributed by atoms with Gasteiger partial charge in [-0.15, -0.1) is 9.24 Å². The molecule has 0 amide bonds. The Kier molecular flexibility index (Phi) is 5.29. The number of pyridine rings is 1. The summed E-state index contributed by atoms with van der Waals surface area (Å²) in [6.45, 7) is 2.52. The largest absolute Gasteiger partial charge is 0.492 e. The van der Waals surface area contributed by atoms with Crippen molar-refractivity contribution in [1.29, 1.82) is 5.26 Å². The number of hydrogen-bond acceptors (Lipinski definition) is 7. The van der Waals surface area contributed by atoms with E-state index in [1.54, 1.807) is 16.6 Å². The minimum Gasteiger partial charge on any atom is -0.492 e. The Morgan fingerprint density at radius 2 is 2.13 bits per heavy atom. The van der Waals surface area contributed by atoms with Crippen LogP contribution in [0.25, 0.3) is 10.9 Å². The molecule has 8 nitrogen and oxygen atoms in total. The molecule has 2 aliphatic rings. The number of anilines is 1. The molecule has 1 saturated heterocycles. The summed E-state index contributed by atoms with van der Waals surface area (Å²) in [7, 11) is 5.68. The molecule has 10 heteroatoms. The molecule has 2 fully saturated rings. The fourth-order valence-corrected chi connectivity index (χ4v) is 4.90. The summed E-state index contributed by atoms with van der Waals surface area (Å²) < 4.78 is 28.3. The number of nitrogens with zero attached hydrogens (tertiary/aromatic N) is 3. The molecule has 164 valence electrons. The highest BCUT2D eigenvalue weighted by atomic mass is 31.0. The molecule has 1 aromatic carbocycles. The van der Waals surface area contributed by atoms with Crippen LogP contribution in [0.3, 0.4) is 0 Å². The van der Waals surface area contributed by atoms with Gasteiger partial charge in [0.2, 0.25) is 5.43 Å². The van der Waals surface area contributed by atoms with Gasteiger partial charge in [-0.2, -0.15) is 5.26 Å². The Morgan fingerprint density at radius 3 is 2.65 bits per heavy atom. The monoisotopic (exact) mass is 446 g/mol. The number of hydrogen-bond donors (Lipinski definition) is 1. The van der Waals surface area contributed by atoms with Gasteiger partial charge in [0, 0.05) is 32.4 Å². The van der Waals surface area contributed by atoms with Gasteiger partial charge in [-0.1, -0.05) is 0 Å². The number of ether oxygens (including phenoxy) is 2. The van der Waals surface area contributed by atoms with Crippen LogP contribution in [0.1, 0.15) is 29.7 Å². The van der Waals surface area contributed by atoms with E-state index < -0.39 is 22.6 Å². The van der Waals surface area contributed by atoms with Crippen LogP contribution in [0.2, 0.25) is 0 Å². The van der Waals surface area contributed by atoms with Gasteiger partial charge in [0.15, 0.2) is 11.6 Å². The first-order valence-electron chi connectivity index (χ1n) is 9.86. The lowest BCUT2D eigenvalue weighted by Gasteiger charge is -2.26. The molecule has 1 aliphatic heterocycles. The number of nitriles is 1. The average Bonchev–Trinajstić information content (AvgIpc) is 3.37. The van der Waals surface area contributed by atoms with Gasteiger partial charge in [0.1, 0.15) is 11.8 Å². The summed E-state index contributed by atoms with van der Waals surface area (Å²) in [6, 6.07) is 2.59. The number of fused-ring (bicyclic) bond motifs is 1.